The van der Waals surface area contributed by atoms with Crippen molar-refractivity contribution >= 4 is 5.71 Å². The van der Waals surface area contributed by atoms with Gasteiger partial charge in [0.1, 0.15) is 5.83 Å². The molecule has 2 N–H and O–H groups in total. The predicted octanol–water partition coefficient (Wildman–Crippen LogP) is 4.77. The maximum absolute atomic E-state index is 14.4. The van der Waals surface area contributed by atoms with E-state index >= 15 is 0 Å². The van der Waals surface area contributed by atoms with E-state index in [1.54, 1.807) is 19.2 Å². The molecule has 0 amide bonds. The van der Waals surface area contributed by atoms with Crippen LogP contribution in [0.4, 0.5) is 4.39 Å². The number of nitrogens with one attached hydrogen (secondary N) is 2. The Morgan fingerprint density at radius 2 is 2.16 bits per heavy atom. The first-order valence-electron chi connectivity index (χ1n) is 8.92. The van der Waals surface area contributed by atoms with E-state index < -0.39 is 0 Å². The number of hydrogen-bond donors (Lipinski definition) is 2. The van der Waals surface area contributed by atoms with Crippen LogP contribution in [-0.2, 0) is 0 Å². The summed E-state index contributed by atoms with van der Waals surface area (Å²) < 4.78 is 14.4. The molecule has 2 aliphatic carbocycles. The van der Waals surface area contributed by atoms with Gasteiger partial charge in [-0.2, -0.15) is 0 Å². The van der Waals surface area contributed by atoms with Crippen molar-refractivity contribution in [3.05, 3.63) is 64.9 Å². The molecule has 0 spiro atoms. The van der Waals surface area contributed by atoms with Gasteiger partial charge in [-0.15, -0.1) is 0 Å². The molecule has 3 nitrogen and oxygen atoms in total. The van der Waals surface area contributed by atoms with E-state index in [9.17, 15) is 4.39 Å². The van der Waals surface area contributed by atoms with Gasteiger partial charge in [0.15, 0.2) is 0 Å². The topological polar surface area (TPSA) is 48.8 Å². The van der Waals surface area contributed by atoms with Crippen LogP contribution in [0.25, 0.3) is 0 Å². The first kappa shape index (κ1) is 17.6. The maximum atomic E-state index is 14.4. The van der Waals surface area contributed by atoms with Crippen molar-refractivity contribution in [2.24, 2.45) is 11.8 Å². The second kappa shape index (κ2) is 6.95. The first-order valence-corrected chi connectivity index (χ1v) is 8.92. The second-order valence-corrected chi connectivity index (χ2v) is 7.23. The molecule has 4 heteroatoms. The number of fused-ring (bicyclic) bond motifs is 1. The third-order valence-electron chi connectivity index (χ3n) is 5.33. The van der Waals surface area contributed by atoms with Gasteiger partial charge in [-0.1, -0.05) is 6.58 Å². The summed E-state index contributed by atoms with van der Waals surface area (Å²) in [6.45, 7) is 9.50. The van der Waals surface area contributed by atoms with E-state index in [4.69, 9.17) is 5.41 Å². The SMILES string of the molecule is C=C(/C=C(NC1CCC2CC21)\C(F)=C/C)C(=N)c1cc(C)cnc1C. The Bertz CT molecular complexity index is 775. The summed E-state index contributed by atoms with van der Waals surface area (Å²) in [5.41, 5.74) is 3.72. The van der Waals surface area contributed by atoms with Gasteiger partial charge in [0.2, 0.25) is 0 Å². The number of halogens is 1. The second-order valence-electron chi connectivity index (χ2n) is 7.23. The molecule has 0 aliphatic heterocycles. The molecule has 3 unspecified atom stereocenters. The van der Waals surface area contributed by atoms with Crippen LogP contribution in [0.3, 0.4) is 0 Å². The zero-order valence-corrected chi connectivity index (χ0v) is 15.2. The van der Waals surface area contributed by atoms with Crippen molar-refractivity contribution in [1.82, 2.24) is 10.3 Å². The predicted molar refractivity (Wildman–Crippen MR) is 100 cm³/mol. The molecule has 2 aliphatic rings. The monoisotopic (exact) mass is 339 g/mol. The Labute approximate surface area is 149 Å². The number of aryl methyl sites for hydroxylation is 2. The average molecular weight is 339 g/mol. The number of rotatable bonds is 6. The highest BCUT2D eigenvalue weighted by Crippen LogP contribution is 2.52. The van der Waals surface area contributed by atoms with Crippen LogP contribution < -0.4 is 5.32 Å². The Kier molecular flexibility index (Phi) is 4.89. The Morgan fingerprint density at radius 1 is 1.40 bits per heavy atom. The molecule has 1 heterocycles. The number of allylic oxidation sites excluding steroid dienone is 4. The summed E-state index contributed by atoms with van der Waals surface area (Å²) in [5.74, 6) is 1.22. The third-order valence-corrected chi connectivity index (χ3v) is 5.33. The fourth-order valence-electron chi connectivity index (χ4n) is 3.73. The molecule has 2 fully saturated rings. The molecular weight excluding hydrogens is 313 g/mol. The van der Waals surface area contributed by atoms with Crippen LogP contribution in [0.1, 0.15) is 43.0 Å². The molecule has 1 aromatic rings. The smallest absolute Gasteiger partial charge is 0.142 e. The lowest BCUT2D eigenvalue weighted by molar-refractivity contribution is 0.504. The van der Waals surface area contributed by atoms with E-state index in [2.05, 4.69) is 16.9 Å². The summed E-state index contributed by atoms with van der Waals surface area (Å²) in [6, 6.07) is 2.26. The van der Waals surface area contributed by atoms with Crippen LogP contribution in [-0.4, -0.2) is 16.7 Å². The standard InChI is InChI=1S/C21H26FN3/c1-5-18(22)20(25-19-7-6-15-10-17(15)19)9-13(3)21(23)16-8-12(2)11-24-14(16)4/h5,8-9,11,15,17,19,23,25H,3,6-7,10H2,1-2,4H3/b18-5+,20-9+,23-21?. The fraction of sp³-hybridized carbons (Fsp3) is 0.429. The molecule has 3 atom stereocenters. The van der Waals surface area contributed by atoms with Gasteiger partial charge in [0.05, 0.1) is 11.4 Å². The van der Waals surface area contributed by atoms with Crippen molar-refractivity contribution in [1.29, 1.82) is 5.41 Å². The van der Waals surface area contributed by atoms with Crippen LogP contribution in [0.15, 0.2) is 48.1 Å². The van der Waals surface area contributed by atoms with E-state index in [1.165, 1.54) is 18.9 Å². The lowest BCUT2D eigenvalue weighted by atomic mass is 10.00. The Morgan fingerprint density at radius 3 is 2.76 bits per heavy atom. The molecule has 2 saturated carbocycles. The first-order chi connectivity index (χ1) is 11.9. The molecule has 132 valence electrons. The largest absolute Gasteiger partial charge is 0.380 e. The van der Waals surface area contributed by atoms with Crippen molar-refractivity contribution < 1.29 is 4.39 Å². The van der Waals surface area contributed by atoms with E-state index in [0.29, 0.717) is 23.2 Å². The summed E-state index contributed by atoms with van der Waals surface area (Å²) in [4.78, 5) is 4.31. The molecule has 3 rings (SSSR count). The minimum absolute atomic E-state index is 0.285. The highest BCUT2D eigenvalue weighted by molar-refractivity contribution is 6.12. The third kappa shape index (κ3) is 3.73. The van der Waals surface area contributed by atoms with E-state index in [0.717, 1.165) is 29.2 Å². The number of nitrogens with zero attached hydrogens (tertiary/aromatic N) is 1. The van der Waals surface area contributed by atoms with Crippen LogP contribution in [0.5, 0.6) is 0 Å². The highest BCUT2D eigenvalue weighted by Gasteiger charge is 2.48. The summed E-state index contributed by atoms with van der Waals surface area (Å²) in [6.07, 6.45) is 8.48. The van der Waals surface area contributed by atoms with Gasteiger partial charge < -0.3 is 5.32 Å². The summed E-state index contributed by atoms with van der Waals surface area (Å²) in [7, 11) is 0. The van der Waals surface area contributed by atoms with Crippen LogP contribution in [0.2, 0.25) is 0 Å². The van der Waals surface area contributed by atoms with E-state index in [-0.39, 0.29) is 11.5 Å². The number of pyridine rings is 1. The fourth-order valence-corrected chi connectivity index (χ4v) is 3.73. The van der Waals surface area contributed by atoms with Gasteiger partial charge in [-0.25, -0.2) is 4.39 Å². The quantitative estimate of drug-likeness (QED) is 0.579. The highest BCUT2D eigenvalue weighted by atomic mass is 19.1. The Balaban J connectivity index is 1.81. The molecular formula is C21H26FN3. The molecule has 0 radical (unpaired) electrons. The van der Waals surface area contributed by atoms with E-state index in [1.807, 2.05) is 19.9 Å². The Hall–Kier alpha value is -2.23. The average Bonchev–Trinajstić information content (AvgIpc) is 3.28. The van der Waals surface area contributed by atoms with Gasteiger partial charge in [0.25, 0.3) is 0 Å². The van der Waals surface area contributed by atoms with Crippen molar-refractivity contribution in [2.75, 3.05) is 0 Å². The van der Waals surface area contributed by atoms with Gasteiger partial charge in [-0.3, -0.25) is 10.4 Å². The van der Waals surface area contributed by atoms with Crippen LogP contribution in [0, 0.1) is 31.1 Å². The summed E-state index contributed by atoms with van der Waals surface area (Å²) in [5, 5.41) is 11.8. The zero-order valence-electron chi connectivity index (χ0n) is 15.2. The molecule has 0 aromatic carbocycles. The molecule has 25 heavy (non-hydrogen) atoms. The lowest BCUT2D eigenvalue weighted by Gasteiger charge is -2.18. The van der Waals surface area contributed by atoms with Gasteiger partial charge >= 0.3 is 0 Å². The lowest BCUT2D eigenvalue weighted by Crippen LogP contribution is -2.29. The van der Waals surface area contributed by atoms with Crippen LogP contribution >= 0.6 is 0 Å². The van der Waals surface area contributed by atoms with Crippen molar-refractivity contribution in [3.63, 3.8) is 0 Å². The minimum Gasteiger partial charge on any atom is -0.380 e. The van der Waals surface area contributed by atoms with Gasteiger partial charge in [-0.05, 0) is 81.2 Å². The molecule has 1 aromatic heterocycles. The van der Waals surface area contributed by atoms with Crippen molar-refractivity contribution in [2.45, 2.75) is 46.1 Å². The molecule has 0 bridgehead atoms. The minimum atomic E-state index is -0.294. The van der Waals surface area contributed by atoms with Crippen molar-refractivity contribution in [3.8, 4) is 0 Å². The maximum Gasteiger partial charge on any atom is 0.142 e. The van der Waals surface area contributed by atoms with Gasteiger partial charge in [0, 0.05) is 23.5 Å². The zero-order chi connectivity index (χ0) is 18.1. The summed E-state index contributed by atoms with van der Waals surface area (Å²) >= 11 is 0. The number of aromatic nitrogens is 1. The molecule has 0 saturated heterocycles. The number of hydrogen-bond acceptors (Lipinski definition) is 3. The normalized spacial score (nSPS) is 25.5.